The van der Waals surface area contributed by atoms with Crippen LogP contribution < -0.4 is 0 Å². The molecule has 0 aliphatic carbocycles. The molecule has 6 heavy (non-hydrogen) atoms. The summed E-state index contributed by atoms with van der Waals surface area (Å²) >= 11 is -1.09. The number of aldehydes is 1. The molecule has 0 atom stereocenters. The molecule has 0 N–H and O–H groups in total. The standard InChI is InChI=1S/C2H3O.2CH3.Sn.H/c1-2-3;;;;/h2H,1H2;2*1H3;;. The second-order valence-electron chi connectivity index (χ2n) is 1.80. The van der Waals surface area contributed by atoms with Crippen molar-refractivity contribution in [3.8, 4) is 0 Å². The molecule has 0 amide bonds. The van der Waals surface area contributed by atoms with Gasteiger partial charge in [-0.3, -0.25) is 0 Å². The van der Waals surface area contributed by atoms with Crippen LogP contribution in [0.4, 0.5) is 0 Å². The van der Waals surface area contributed by atoms with Gasteiger partial charge in [-0.15, -0.1) is 0 Å². The summed E-state index contributed by atoms with van der Waals surface area (Å²) in [6.07, 6.45) is 1.04. The van der Waals surface area contributed by atoms with E-state index in [0.29, 0.717) is 0 Å². The molecule has 0 saturated heterocycles. The summed E-state index contributed by atoms with van der Waals surface area (Å²) in [4.78, 5) is 14.1. The van der Waals surface area contributed by atoms with Gasteiger partial charge in [-0.05, 0) is 0 Å². The van der Waals surface area contributed by atoms with Gasteiger partial charge >= 0.3 is 45.2 Å². The first-order chi connectivity index (χ1) is 2.77. The summed E-state index contributed by atoms with van der Waals surface area (Å²) in [5.74, 6) is 0. The first kappa shape index (κ1) is 6.47. The van der Waals surface area contributed by atoms with E-state index in [0.717, 1.165) is 10.7 Å². The molecule has 0 saturated carbocycles. The van der Waals surface area contributed by atoms with Gasteiger partial charge in [0.2, 0.25) is 0 Å². The molecular formula is C4H10OSn. The van der Waals surface area contributed by atoms with Crippen molar-refractivity contribution in [3.05, 3.63) is 0 Å². The number of carbonyl (C=O) groups excluding carboxylic acids is 1. The topological polar surface area (TPSA) is 17.1 Å². The van der Waals surface area contributed by atoms with Crippen LogP contribution in [0, 0.1) is 0 Å². The first-order valence-electron chi connectivity index (χ1n) is 2.21. The fourth-order valence-electron chi connectivity index (χ4n) is 0.192. The zero-order valence-corrected chi connectivity index (χ0v) is 7.57. The minimum absolute atomic E-state index is 0.904. The maximum absolute atomic E-state index is 9.67. The average Bonchev–Trinajstić information content (AvgIpc) is 1.35. The maximum atomic E-state index is 9.67. The summed E-state index contributed by atoms with van der Waals surface area (Å²) in [6, 6.07) is 0. The SMILES string of the molecule is [CH3][SnH]([CH3])[CH2]C=O. The minimum atomic E-state index is -1.09. The molecule has 0 heterocycles. The Bertz CT molecular complexity index is 42.8. The molecule has 0 aliphatic heterocycles. The van der Waals surface area contributed by atoms with Crippen molar-refractivity contribution >= 4 is 26.0 Å². The van der Waals surface area contributed by atoms with Crippen LogP contribution in [0.1, 0.15) is 0 Å². The van der Waals surface area contributed by atoms with Crippen molar-refractivity contribution in [2.24, 2.45) is 0 Å². The summed E-state index contributed by atoms with van der Waals surface area (Å²) < 4.78 is 0.904. The van der Waals surface area contributed by atoms with Crippen LogP contribution in [0.25, 0.3) is 0 Å². The number of hydrogen-bond donors (Lipinski definition) is 0. The molecule has 0 bridgehead atoms. The molecule has 1 nitrogen and oxygen atoms in total. The van der Waals surface area contributed by atoms with E-state index >= 15 is 0 Å². The number of hydrogen-bond acceptors (Lipinski definition) is 1. The van der Waals surface area contributed by atoms with Crippen molar-refractivity contribution in [2.75, 3.05) is 0 Å². The fourth-order valence-corrected chi connectivity index (χ4v) is 1.29. The second-order valence-corrected chi connectivity index (χ2v) is 11.1. The molecule has 0 aromatic carbocycles. The van der Waals surface area contributed by atoms with Gasteiger partial charge in [-0.2, -0.15) is 0 Å². The van der Waals surface area contributed by atoms with Gasteiger partial charge < -0.3 is 0 Å². The normalized spacial score (nSPS) is 9.17. The van der Waals surface area contributed by atoms with Crippen LogP contribution in [0.3, 0.4) is 0 Å². The molecule has 0 rings (SSSR count). The summed E-state index contributed by atoms with van der Waals surface area (Å²) in [7, 11) is 0. The molecule has 0 radical (unpaired) electrons. The third-order valence-electron chi connectivity index (χ3n) is 0.568. The predicted molar refractivity (Wildman–Crippen MR) is 29.7 cm³/mol. The molecule has 36 valence electrons. The molecule has 0 fully saturated rings. The van der Waals surface area contributed by atoms with Gasteiger partial charge in [0.05, 0.1) is 0 Å². The van der Waals surface area contributed by atoms with Crippen LogP contribution >= 0.6 is 0 Å². The Morgan fingerprint density at radius 3 is 2.17 bits per heavy atom. The van der Waals surface area contributed by atoms with E-state index in [1.54, 1.807) is 0 Å². The van der Waals surface area contributed by atoms with Crippen LogP contribution in [0.2, 0.25) is 14.3 Å². The van der Waals surface area contributed by atoms with Gasteiger partial charge in [-0.25, -0.2) is 0 Å². The van der Waals surface area contributed by atoms with Crippen molar-refractivity contribution < 1.29 is 4.79 Å². The Hall–Kier alpha value is 0.469. The Morgan fingerprint density at radius 1 is 1.67 bits per heavy atom. The zero-order valence-electron chi connectivity index (χ0n) is 4.27. The van der Waals surface area contributed by atoms with Crippen LogP contribution in [-0.4, -0.2) is 26.0 Å². The van der Waals surface area contributed by atoms with E-state index in [1.807, 2.05) is 0 Å². The molecule has 0 aliphatic rings. The molecule has 0 spiro atoms. The van der Waals surface area contributed by atoms with Gasteiger partial charge in [0.15, 0.2) is 0 Å². The number of rotatable bonds is 2. The van der Waals surface area contributed by atoms with Gasteiger partial charge in [0, 0.05) is 0 Å². The van der Waals surface area contributed by atoms with E-state index in [-0.39, 0.29) is 0 Å². The predicted octanol–water partition coefficient (Wildman–Crippen LogP) is 0.672. The van der Waals surface area contributed by atoms with Gasteiger partial charge in [0.1, 0.15) is 0 Å². The van der Waals surface area contributed by atoms with Gasteiger partial charge in [0.25, 0.3) is 0 Å². The first-order valence-corrected chi connectivity index (χ1v) is 11.1. The van der Waals surface area contributed by atoms with Gasteiger partial charge in [-0.1, -0.05) is 0 Å². The van der Waals surface area contributed by atoms with E-state index in [4.69, 9.17) is 0 Å². The van der Waals surface area contributed by atoms with E-state index in [1.165, 1.54) is 0 Å². The van der Waals surface area contributed by atoms with E-state index in [2.05, 4.69) is 9.88 Å². The molecule has 0 unspecified atom stereocenters. The van der Waals surface area contributed by atoms with E-state index < -0.39 is 19.8 Å². The quantitative estimate of drug-likeness (QED) is 0.465. The molecule has 0 aromatic heterocycles. The summed E-state index contributed by atoms with van der Waals surface area (Å²) in [6.45, 7) is 0. The van der Waals surface area contributed by atoms with Crippen molar-refractivity contribution in [1.82, 2.24) is 0 Å². The molecule has 2 heteroatoms. The van der Waals surface area contributed by atoms with Crippen LogP contribution in [0.5, 0.6) is 0 Å². The third-order valence-corrected chi connectivity index (χ3v) is 3.81. The molecule has 0 aromatic rings. The van der Waals surface area contributed by atoms with Crippen molar-refractivity contribution in [2.45, 2.75) is 14.3 Å². The van der Waals surface area contributed by atoms with Crippen molar-refractivity contribution in [1.29, 1.82) is 0 Å². The molecular weight excluding hydrogens is 183 g/mol. The number of carbonyl (C=O) groups is 1. The van der Waals surface area contributed by atoms with E-state index in [9.17, 15) is 4.79 Å². The Morgan fingerprint density at radius 2 is 2.17 bits per heavy atom. The summed E-state index contributed by atoms with van der Waals surface area (Å²) in [5, 5.41) is 0. The second kappa shape index (κ2) is 3.65. The monoisotopic (exact) mass is 194 g/mol. The Balaban J connectivity index is 2.81. The Kier molecular flexibility index (Phi) is 3.94. The van der Waals surface area contributed by atoms with Crippen LogP contribution in [-0.2, 0) is 4.79 Å². The van der Waals surface area contributed by atoms with Crippen molar-refractivity contribution in [3.63, 3.8) is 0 Å². The Labute approximate surface area is 45.5 Å². The third kappa shape index (κ3) is 4.47. The van der Waals surface area contributed by atoms with Crippen LogP contribution in [0.15, 0.2) is 0 Å². The summed E-state index contributed by atoms with van der Waals surface area (Å²) in [5.41, 5.74) is 0. The fraction of sp³-hybridized carbons (Fsp3) is 0.750. The zero-order chi connectivity index (χ0) is 4.99. The average molecular weight is 193 g/mol.